The van der Waals surface area contributed by atoms with Crippen LogP contribution in [0.4, 0.5) is 14.5 Å². The standard InChI is InChI=1S/C10H11F2IN2O2/c1-2-17-8(16)4-7-6(14)3-5(9(11)12)10(13)15-7/h3,9H,2,4,14H2,1H3. The van der Waals surface area contributed by atoms with Crippen LogP contribution in [-0.2, 0) is 16.0 Å². The van der Waals surface area contributed by atoms with Crippen molar-refractivity contribution in [1.82, 2.24) is 4.98 Å². The molecule has 1 aromatic rings. The maximum Gasteiger partial charge on any atom is 0.311 e. The Balaban J connectivity index is 2.95. The van der Waals surface area contributed by atoms with Crippen molar-refractivity contribution in [2.75, 3.05) is 12.3 Å². The Bertz CT molecular complexity index is 427. The van der Waals surface area contributed by atoms with E-state index in [9.17, 15) is 13.6 Å². The third-order valence-electron chi connectivity index (χ3n) is 1.97. The van der Waals surface area contributed by atoms with Gasteiger partial charge in [0.1, 0.15) is 3.70 Å². The van der Waals surface area contributed by atoms with Gasteiger partial charge < -0.3 is 10.5 Å². The number of pyridine rings is 1. The summed E-state index contributed by atoms with van der Waals surface area (Å²) >= 11 is 1.69. The number of carbonyl (C=O) groups excluding carboxylic acids is 1. The zero-order valence-electron chi connectivity index (χ0n) is 9.04. The molecule has 0 aromatic carbocycles. The van der Waals surface area contributed by atoms with Crippen molar-refractivity contribution in [2.45, 2.75) is 19.8 Å². The van der Waals surface area contributed by atoms with E-state index in [1.807, 2.05) is 0 Å². The molecule has 0 bridgehead atoms. The molecular weight excluding hydrogens is 345 g/mol. The molecule has 0 aliphatic carbocycles. The molecule has 1 aromatic heterocycles. The second-order valence-corrected chi connectivity index (χ2v) is 4.21. The lowest BCUT2D eigenvalue weighted by Gasteiger charge is -2.09. The fourth-order valence-electron chi connectivity index (χ4n) is 1.20. The SMILES string of the molecule is CCOC(=O)Cc1nc(I)c(C(F)F)cc1N. The first-order valence-corrected chi connectivity index (χ1v) is 5.92. The number of aromatic nitrogens is 1. The van der Waals surface area contributed by atoms with E-state index in [4.69, 9.17) is 10.5 Å². The normalized spacial score (nSPS) is 10.6. The molecule has 7 heteroatoms. The number of nitrogens with two attached hydrogens (primary N) is 1. The number of hydrogen-bond acceptors (Lipinski definition) is 4. The van der Waals surface area contributed by atoms with E-state index in [1.54, 1.807) is 29.5 Å². The minimum absolute atomic E-state index is 0.0776. The summed E-state index contributed by atoms with van der Waals surface area (Å²) in [5, 5.41) is 0. The van der Waals surface area contributed by atoms with Crippen LogP contribution in [0.5, 0.6) is 0 Å². The third kappa shape index (κ3) is 3.76. The Morgan fingerprint density at radius 3 is 2.82 bits per heavy atom. The molecule has 2 N–H and O–H groups in total. The lowest BCUT2D eigenvalue weighted by atomic mass is 10.2. The Morgan fingerprint density at radius 2 is 2.29 bits per heavy atom. The Kier molecular flexibility index (Phi) is 5.03. The van der Waals surface area contributed by atoms with Crippen LogP contribution in [0, 0.1) is 3.70 Å². The second-order valence-electron chi connectivity index (χ2n) is 3.19. The molecule has 0 saturated carbocycles. The number of alkyl halides is 2. The summed E-state index contributed by atoms with van der Waals surface area (Å²) in [7, 11) is 0. The molecule has 0 spiro atoms. The molecule has 0 fully saturated rings. The monoisotopic (exact) mass is 356 g/mol. The predicted octanol–water partition coefficient (Wildman–Crippen LogP) is 2.31. The van der Waals surface area contributed by atoms with E-state index in [-0.39, 0.29) is 33.7 Å². The van der Waals surface area contributed by atoms with Gasteiger partial charge in [-0.1, -0.05) is 0 Å². The van der Waals surface area contributed by atoms with Crippen molar-refractivity contribution in [3.05, 3.63) is 21.0 Å². The van der Waals surface area contributed by atoms with Gasteiger partial charge in [-0.15, -0.1) is 0 Å². The fourth-order valence-corrected chi connectivity index (χ4v) is 1.88. The lowest BCUT2D eigenvalue weighted by Crippen LogP contribution is -2.12. The van der Waals surface area contributed by atoms with E-state index >= 15 is 0 Å². The first kappa shape index (κ1) is 14.1. The van der Waals surface area contributed by atoms with E-state index in [0.717, 1.165) is 6.07 Å². The number of esters is 1. The van der Waals surface area contributed by atoms with Crippen LogP contribution >= 0.6 is 22.6 Å². The topological polar surface area (TPSA) is 65.2 Å². The fraction of sp³-hybridized carbons (Fsp3) is 0.400. The summed E-state index contributed by atoms with van der Waals surface area (Å²) in [6.07, 6.45) is -2.74. The molecule has 0 amide bonds. The minimum atomic E-state index is -2.63. The van der Waals surface area contributed by atoms with Gasteiger partial charge in [0.25, 0.3) is 6.43 Å². The first-order valence-electron chi connectivity index (χ1n) is 4.84. The highest BCUT2D eigenvalue weighted by atomic mass is 127. The van der Waals surface area contributed by atoms with Crippen LogP contribution < -0.4 is 5.73 Å². The Morgan fingerprint density at radius 1 is 1.65 bits per heavy atom. The van der Waals surface area contributed by atoms with Gasteiger partial charge in [0.15, 0.2) is 0 Å². The van der Waals surface area contributed by atoms with Crippen molar-refractivity contribution in [3.8, 4) is 0 Å². The Hall–Kier alpha value is -0.990. The van der Waals surface area contributed by atoms with Gasteiger partial charge in [-0.2, -0.15) is 0 Å². The average molecular weight is 356 g/mol. The first-order chi connectivity index (χ1) is 7.95. The quantitative estimate of drug-likeness (QED) is 0.511. The average Bonchev–Trinajstić information content (AvgIpc) is 2.22. The molecule has 0 atom stereocenters. The summed E-state index contributed by atoms with van der Waals surface area (Å²) in [5.41, 5.74) is 5.68. The van der Waals surface area contributed by atoms with E-state index in [2.05, 4.69) is 4.98 Å². The van der Waals surface area contributed by atoms with E-state index < -0.39 is 12.4 Å². The zero-order chi connectivity index (χ0) is 13.0. The molecule has 94 valence electrons. The maximum atomic E-state index is 12.5. The third-order valence-corrected chi connectivity index (χ3v) is 2.83. The van der Waals surface area contributed by atoms with Gasteiger partial charge >= 0.3 is 5.97 Å². The van der Waals surface area contributed by atoms with Crippen LogP contribution in [0.3, 0.4) is 0 Å². The summed E-state index contributed by atoms with van der Waals surface area (Å²) in [6.45, 7) is 1.93. The highest BCUT2D eigenvalue weighted by Gasteiger charge is 2.17. The van der Waals surface area contributed by atoms with Crippen molar-refractivity contribution in [3.63, 3.8) is 0 Å². The van der Waals surface area contributed by atoms with Gasteiger partial charge in [0.2, 0.25) is 0 Å². The van der Waals surface area contributed by atoms with Crippen LogP contribution in [0.2, 0.25) is 0 Å². The summed E-state index contributed by atoms with van der Waals surface area (Å²) in [4.78, 5) is 15.1. The highest BCUT2D eigenvalue weighted by molar-refractivity contribution is 14.1. The molecule has 0 aliphatic rings. The number of nitrogens with zero attached hydrogens (tertiary/aromatic N) is 1. The van der Waals surface area contributed by atoms with E-state index in [0.29, 0.717) is 0 Å². The molecule has 4 nitrogen and oxygen atoms in total. The van der Waals surface area contributed by atoms with Gasteiger partial charge in [-0.3, -0.25) is 4.79 Å². The largest absolute Gasteiger partial charge is 0.466 e. The lowest BCUT2D eigenvalue weighted by molar-refractivity contribution is -0.142. The smallest absolute Gasteiger partial charge is 0.311 e. The van der Waals surface area contributed by atoms with Crippen LogP contribution in [0.15, 0.2) is 6.07 Å². The minimum Gasteiger partial charge on any atom is -0.466 e. The van der Waals surface area contributed by atoms with Crippen molar-refractivity contribution < 1.29 is 18.3 Å². The van der Waals surface area contributed by atoms with Crippen molar-refractivity contribution in [2.24, 2.45) is 0 Å². The second kappa shape index (κ2) is 6.08. The molecule has 0 radical (unpaired) electrons. The molecule has 1 rings (SSSR count). The number of nitrogen functional groups attached to an aromatic ring is 1. The number of rotatable bonds is 4. The number of ether oxygens (including phenoxy) is 1. The van der Waals surface area contributed by atoms with Crippen LogP contribution in [0.1, 0.15) is 24.6 Å². The zero-order valence-corrected chi connectivity index (χ0v) is 11.2. The molecule has 17 heavy (non-hydrogen) atoms. The maximum absolute atomic E-state index is 12.5. The molecular formula is C10H11F2IN2O2. The summed E-state index contributed by atoms with van der Waals surface area (Å²) in [5.74, 6) is -0.479. The van der Waals surface area contributed by atoms with Gasteiger partial charge in [-0.25, -0.2) is 13.8 Å². The summed E-state index contributed by atoms with van der Waals surface area (Å²) in [6, 6.07) is 1.15. The van der Waals surface area contributed by atoms with Crippen LogP contribution in [0.25, 0.3) is 0 Å². The number of carbonyl (C=O) groups is 1. The van der Waals surface area contributed by atoms with Crippen molar-refractivity contribution >= 4 is 34.2 Å². The van der Waals surface area contributed by atoms with Crippen LogP contribution in [-0.4, -0.2) is 17.6 Å². The van der Waals surface area contributed by atoms with Gasteiger partial charge in [0, 0.05) is 0 Å². The predicted molar refractivity (Wildman–Crippen MR) is 66.7 cm³/mol. The molecule has 1 heterocycles. The van der Waals surface area contributed by atoms with Crippen molar-refractivity contribution in [1.29, 1.82) is 0 Å². The van der Waals surface area contributed by atoms with Gasteiger partial charge in [0.05, 0.1) is 30.0 Å². The number of halogens is 3. The van der Waals surface area contributed by atoms with E-state index in [1.165, 1.54) is 0 Å². The summed E-state index contributed by atoms with van der Waals surface area (Å²) < 4.78 is 29.9. The highest BCUT2D eigenvalue weighted by Crippen LogP contribution is 2.26. The van der Waals surface area contributed by atoms with Gasteiger partial charge in [-0.05, 0) is 35.6 Å². The molecule has 0 unspecified atom stereocenters. The molecule has 0 aliphatic heterocycles. The Labute approximate surface area is 111 Å². The number of anilines is 1. The number of hydrogen-bond donors (Lipinski definition) is 1. The molecule has 0 saturated heterocycles.